The molecule has 1 aliphatic rings. The van der Waals surface area contributed by atoms with Crippen molar-refractivity contribution in [3.63, 3.8) is 0 Å². The van der Waals surface area contributed by atoms with E-state index in [0.29, 0.717) is 0 Å². The number of fused-ring (bicyclic) bond motifs is 1. The summed E-state index contributed by atoms with van der Waals surface area (Å²) in [6, 6.07) is 1.22. The average molecular weight is 399 g/mol. The van der Waals surface area contributed by atoms with Crippen LogP contribution < -0.4 is 4.74 Å². The van der Waals surface area contributed by atoms with Gasteiger partial charge in [-0.25, -0.2) is 4.79 Å². The van der Waals surface area contributed by atoms with Crippen molar-refractivity contribution >= 4 is 23.6 Å². The fourth-order valence-electron chi connectivity index (χ4n) is 2.67. The van der Waals surface area contributed by atoms with Crippen molar-refractivity contribution in [3.05, 3.63) is 40.4 Å². The predicted octanol–water partition coefficient (Wildman–Crippen LogP) is 2.05. The number of carbonyl (C=O) groups excluding carboxylic acids is 1. The SMILES string of the molecule is COc1cc(O)c2c(c1Cl)C=CC[C@H](O)[C@H](O)C(O)C=CC[C@H](C)OC2=O. The van der Waals surface area contributed by atoms with Crippen molar-refractivity contribution in [2.24, 2.45) is 0 Å². The Balaban J connectivity index is 2.52. The molecule has 4 atom stereocenters. The Hall–Kier alpha value is -2.06. The highest BCUT2D eigenvalue weighted by atomic mass is 35.5. The lowest BCUT2D eigenvalue weighted by molar-refractivity contribution is -0.0394. The standard InChI is InChI=1S/C19H23ClO7/c1-10-5-3-7-12(21)18(24)13(22)8-4-6-11-16(19(25)27-10)14(23)9-15(26-2)17(11)20/h3-4,6-7,9-10,12-13,18,21-24H,5,8H2,1-2H3/t10-,12?,13-,18+/m0/s1. The molecule has 0 aromatic heterocycles. The first-order valence-electron chi connectivity index (χ1n) is 8.44. The van der Waals surface area contributed by atoms with Crippen LogP contribution in [0.15, 0.2) is 24.3 Å². The summed E-state index contributed by atoms with van der Waals surface area (Å²) in [5, 5.41) is 40.3. The van der Waals surface area contributed by atoms with Crippen LogP contribution in [0.3, 0.4) is 0 Å². The third-order valence-electron chi connectivity index (χ3n) is 4.19. The van der Waals surface area contributed by atoms with Gasteiger partial charge in [-0.15, -0.1) is 0 Å². The summed E-state index contributed by atoms with van der Waals surface area (Å²) in [4.78, 5) is 12.6. The first kappa shape index (κ1) is 21.2. The zero-order chi connectivity index (χ0) is 20.1. The van der Waals surface area contributed by atoms with E-state index in [0.717, 1.165) is 0 Å². The first-order valence-corrected chi connectivity index (χ1v) is 8.81. The minimum absolute atomic E-state index is 0.0226. The number of cyclic esters (lactones) is 1. The number of phenolic OH excluding ortho intramolecular Hbond substituents is 1. The molecule has 4 N–H and O–H groups in total. The van der Waals surface area contributed by atoms with Crippen LogP contribution in [0.5, 0.6) is 11.5 Å². The predicted molar refractivity (Wildman–Crippen MR) is 100.0 cm³/mol. The Kier molecular flexibility index (Phi) is 7.26. The number of aromatic hydroxyl groups is 1. The minimum Gasteiger partial charge on any atom is -0.507 e. The molecule has 1 aromatic rings. The molecular weight excluding hydrogens is 376 g/mol. The van der Waals surface area contributed by atoms with E-state index in [9.17, 15) is 25.2 Å². The van der Waals surface area contributed by atoms with Crippen LogP contribution in [-0.2, 0) is 4.74 Å². The Morgan fingerprint density at radius 3 is 2.59 bits per heavy atom. The van der Waals surface area contributed by atoms with E-state index < -0.39 is 30.4 Å². The molecule has 0 fully saturated rings. The van der Waals surface area contributed by atoms with Gasteiger partial charge in [0, 0.05) is 18.1 Å². The maximum Gasteiger partial charge on any atom is 0.342 e. The number of rotatable bonds is 1. The lowest BCUT2D eigenvalue weighted by atomic mass is 10.0. The summed E-state index contributed by atoms with van der Waals surface area (Å²) in [5.74, 6) is -0.957. The van der Waals surface area contributed by atoms with E-state index in [1.54, 1.807) is 13.0 Å². The van der Waals surface area contributed by atoms with Crippen LogP contribution in [0.4, 0.5) is 0 Å². The van der Waals surface area contributed by atoms with Crippen molar-refractivity contribution in [2.75, 3.05) is 7.11 Å². The van der Waals surface area contributed by atoms with Crippen molar-refractivity contribution in [1.82, 2.24) is 0 Å². The van der Waals surface area contributed by atoms with Gasteiger partial charge in [0.2, 0.25) is 0 Å². The number of phenols is 1. The maximum atomic E-state index is 12.6. The summed E-state index contributed by atoms with van der Waals surface area (Å²) >= 11 is 6.28. The molecule has 0 aliphatic carbocycles. The molecule has 2 rings (SSSR count). The van der Waals surface area contributed by atoms with Crippen molar-refractivity contribution < 1.29 is 34.7 Å². The zero-order valence-electron chi connectivity index (χ0n) is 15.0. The minimum atomic E-state index is -1.39. The maximum absolute atomic E-state index is 12.6. The van der Waals surface area contributed by atoms with Gasteiger partial charge in [0.1, 0.15) is 35.4 Å². The number of aliphatic hydroxyl groups excluding tert-OH is 3. The number of esters is 1. The van der Waals surface area contributed by atoms with Gasteiger partial charge in [0.25, 0.3) is 0 Å². The van der Waals surface area contributed by atoms with Gasteiger partial charge >= 0.3 is 5.97 Å². The zero-order valence-corrected chi connectivity index (χ0v) is 15.8. The Bertz CT molecular complexity index is 744. The topological polar surface area (TPSA) is 116 Å². The van der Waals surface area contributed by atoms with Gasteiger partial charge in [-0.1, -0.05) is 35.9 Å². The molecule has 0 bridgehead atoms. The van der Waals surface area contributed by atoms with Gasteiger partial charge in [-0.05, 0) is 13.3 Å². The number of halogens is 1. The summed E-state index contributed by atoms with van der Waals surface area (Å²) in [6.07, 6.45) is 1.55. The molecule has 0 amide bonds. The summed E-state index contributed by atoms with van der Waals surface area (Å²) in [7, 11) is 1.37. The first-order chi connectivity index (χ1) is 12.8. The van der Waals surface area contributed by atoms with Crippen molar-refractivity contribution in [2.45, 2.75) is 44.2 Å². The Morgan fingerprint density at radius 2 is 1.93 bits per heavy atom. The number of methoxy groups -OCH3 is 1. The highest BCUT2D eigenvalue weighted by Crippen LogP contribution is 2.38. The lowest BCUT2D eigenvalue weighted by Crippen LogP contribution is -2.35. The molecule has 0 radical (unpaired) electrons. The lowest BCUT2D eigenvalue weighted by Gasteiger charge is -2.21. The van der Waals surface area contributed by atoms with E-state index in [1.807, 2.05) is 0 Å². The van der Waals surface area contributed by atoms with Gasteiger partial charge in [-0.3, -0.25) is 0 Å². The quantitative estimate of drug-likeness (QED) is 0.422. The second-order valence-corrected chi connectivity index (χ2v) is 6.64. The number of carbonyl (C=O) groups is 1. The number of aliphatic hydroxyl groups is 3. The fourth-order valence-corrected chi connectivity index (χ4v) is 2.95. The van der Waals surface area contributed by atoms with Gasteiger partial charge < -0.3 is 29.9 Å². The largest absolute Gasteiger partial charge is 0.507 e. The van der Waals surface area contributed by atoms with E-state index in [4.69, 9.17) is 21.1 Å². The third-order valence-corrected chi connectivity index (χ3v) is 4.58. The Morgan fingerprint density at radius 1 is 1.22 bits per heavy atom. The van der Waals surface area contributed by atoms with Crippen LogP contribution in [0.2, 0.25) is 5.02 Å². The molecular formula is C19H23ClO7. The van der Waals surface area contributed by atoms with Crippen LogP contribution >= 0.6 is 11.6 Å². The smallest absolute Gasteiger partial charge is 0.342 e. The molecule has 1 aromatic carbocycles. The highest BCUT2D eigenvalue weighted by Gasteiger charge is 2.25. The van der Waals surface area contributed by atoms with E-state index in [2.05, 4.69) is 0 Å². The molecule has 0 spiro atoms. The van der Waals surface area contributed by atoms with Crippen LogP contribution in [0.25, 0.3) is 6.08 Å². The fraction of sp³-hybridized carbons (Fsp3) is 0.421. The number of hydrogen-bond donors (Lipinski definition) is 4. The number of hydrogen-bond acceptors (Lipinski definition) is 7. The molecule has 0 saturated heterocycles. The summed E-state index contributed by atoms with van der Waals surface area (Å²) < 4.78 is 10.4. The molecule has 8 heteroatoms. The Labute approximate surface area is 162 Å². The number of ether oxygens (including phenoxy) is 2. The van der Waals surface area contributed by atoms with Crippen molar-refractivity contribution in [1.29, 1.82) is 0 Å². The number of benzene rings is 1. The monoisotopic (exact) mass is 398 g/mol. The molecule has 148 valence electrons. The van der Waals surface area contributed by atoms with Crippen LogP contribution in [-0.4, -0.2) is 57.9 Å². The van der Waals surface area contributed by atoms with Gasteiger partial charge in [-0.2, -0.15) is 0 Å². The molecule has 27 heavy (non-hydrogen) atoms. The molecule has 7 nitrogen and oxygen atoms in total. The third kappa shape index (κ3) is 5.01. The second kappa shape index (κ2) is 9.23. The van der Waals surface area contributed by atoms with Crippen molar-refractivity contribution in [3.8, 4) is 11.5 Å². The normalized spacial score (nSPS) is 26.8. The van der Waals surface area contributed by atoms with E-state index >= 15 is 0 Å². The van der Waals surface area contributed by atoms with Gasteiger partial charge in [0.15, 0.2) is 0 Å². The van der Waals surface area contributed by atoms with E-state index in [-0.39, 0.29) is 40.5 Å². The van der Waals surface area contributed by atoms with Gasteiger partial charge in [0.05, 0.1) is 18.2 Å². The summed E-state index contributed by atoms with van der Waals surface area (Å²) in [6.45, 7) is 1.64. The molecule has 1 heterocycles. The average Bonchev–Trinajstić information content (AvgIpc) is 2.62. The summed E-state index contributed by atoms with van der Waals surface area (Å²) in [5.41, 5.74) is 0.0422. The highest BCUT2D eigenvalue weighted by molar-refractivity contribution is 6.34. The molecule has 1 aliphatic heterocycles. The van der Waals surface area contributed by atoms with Crippen LogP contribution in [0.1, 0.15) is 35.7 Å². The second-order valence-electron chi connectivity index (χ2n) is 6.27. The van der Waals surface area contributed by atoms with Crippen LogP contribution in [0, 0.1) is 0 Å². The van der Waals surface area contributed by atoms with E-state index in [1.165, 1.54) is 31.4 Å². The molecule has 0 saturated carbocycles. The molecule has 1 unspecified atom stereocenters.